The van der Waals surface area contributed by atoms with Crippen LogP contribution in [0.3, 0.4) is 0 Å². The Morgan fingerprint density at radius 1 is 1.23 bits per heavy atom. The molecular formula is C22H21Cl2N3O3. The molecule has 3 heterocycles. The fourth-order valence-corrected chi connectivity index (χ4v) is 5.74. The number of fused-ring (bicyclic) bond motifs is 4. The molecule has 0 bridgehead atoms. The molecule has 0 aromatic heterocycles. The van der Waals surface area contributed by atoms with Crippen molar-refractivity contribution in [2.24, 2.45) is 5.92 Å². The third kappa shape index (κ3) is 2.74. The van der Waals surface area contributed by atoms with Gasteiger partial charge in [-0.1, -0.05) is 23.2 Å². The molecule has 0 saturated carbocycles. The van der Waals surface area contributed by atoms with Gasteiger partial charge in [0.1, 0.15) is 11.3 Å². The number of nitrogens with one attached hydrogen (secondary N) is 2. The molecule has 2 N–H and O–H groups in total. The molecule has 2 aromatic carbocycles. The monoisotopic (exact) mass is 445 g/mol. The van der Waals surface area contributed by atoms with Crippen molar-refractivity contribution in [2.45, 2.75) is 30.8 Å². The van der Waals surface area contributed by atoms with Gasteiger partial charge in [-0.25, -0.2) is 0 Å². The van der Waals surface area contributed by atoms with Gasteiger partial charge >= 0.3 is 0 Å². The summed E-state index contributed by atoms with van der Waals surface area (Å²) in [6.45, 7) is 0.772. The van der Waals surface area contributed by atoms with Gasteiger partial charge in [0.15, 0.2) is 0 Å². The Balaban J connectivity index is 1.59. The first-order valence-electron chi connectivity index (χ1n) is 9.97. The Bertz CT molecular complexity index is 1060. The molecule has 3 atom stereocenters. The van der Waals surface area contributed by atoms with Gasteiger partial charge in [0.05, 0.1) is 18.7 Å². The lowest BCUT2D eigenvalue weighted by Gasteiger charge is -2.36. The van der Waals surface area contributed by atoms with Gasteiger partial charge in [0.2, 0.25) is 11.8 Å². The lowest BCUT2D eigenvalue weighted by atomic mass is 9.78. The van der Waals surface area contributed by atoms with Crippen LogP contribution >= 0.6 is 23.2 Å². The van der Waals surface area contributed by atoms with Gasteiger partial charge in [-0.2, -0.15) is 0 Å². The minimum Gasteiger partial charge on any atom is -0.495 e. The first kappa shape index (κ1) is 19.7. The van der Waals surface area contributed by atoms with Crippen molar-refractivity contribution in [1.82, 2.24) is 4.90 Å². The Kier molecular flexibility index (Phi) is 4.69. The highest BCUT2D eigenvalue weighted by Crippen LogP contribution is 2.56. The topological polar surface area (TPSA) is 70.7 Å². The Morgan fingerprint density at radius 3 is 2.80 bits per heavy atom. The molecule has 6 nitrogen and oxygen atoms in total. The molecule has 2 amide bonds. The van der Waals surface area contributed by atoms with E-state index in [9.17, 15) is 9.59 Å². The standard InChI is InChI=1S/C22H21Cl2N3O3/c1-30-19-7-5-13(24)10-18(19)25-20(28)16-11-14-3-2-8-27(14)22(16)15-9-12(23)4-6-17(15)26-21(22)29/h4-7,9-10,14,16H,2-3,8,11H2,1H3,(H,25,28)(H,26,29). The summed E-state index contributed by atoms with van der Waals surface area (Å²) < 4.78 is 5.37. The van der Waals surface area contributed by atoms with Crippen molar-refractivity contribution >= 4 is 46.4 Å². The number of rotatable bonds is 3. The van der Waals surface area contributed by atoms with E-state index in [0.29, 0.717) is 27.9 Å². The molecule has 3 unspecified atom stereocenters. The van der Waals surface area contributed by atoms with Crippen molar-refractivity contribution in [3.05, 3.63) is 52.0 Å². The quantitative estimate of drug-likeness (QED) is 0.739. The lowest BCUT2D eigenvalue weighted by Crippen LogP contribution is -2.53. The highest BCUT2D eigenvalue weighted by Gasteiger charge is 2.65. The third-order valence-corrected chi connectivity index (χ3v) is 7.03. The van der Waals surface area contributed by atoms with Crippen molar-refractivity contribution < 1.29 is 14.3 Å². The molecule has 0 radical (unpaired) electrons. The molecule has 2 fully saturated rings. The van der Waals surface area contributed by atoms with Crippen LogP contribution in [0.5, 0.6) is 5.75 Å². The first-order chi connectivity index (χ1) is 14.4. The van der Waals surface area contributed by atoms with Crippen molar-refractivity contribution in [2.75, 3.05) is 24.3 Å². The minimum absolute atomic E-state index is 0.164. The number of hydrogen-bond donors (Lipinski definition) is 2. The van der Waals surface area contributed by atoms with Crippen LogP contribution in [0.15, 0.2) is 36.4 Å². The second-order valence-corrected chi connectivity index (χ2v) is 8.89. The SMILES string of the molecule is COc1ccc(Cl)cc1NC(=O)C1CC2CCCN2C12C(=O)Nc1ccc(Cl)cc12. The first-order valence-corrected chi connectivity index (χ1v) is 10.7. The number of ether oxygens (including phenoxy) is 1. The summed E-state index contributed by atoms with van der Waals surface area (Å²) in [6, 6.07) is 10.6. The molecule has 3 aliphatic heterocycles. The second-order valence-electron chi connectivity index (χ2n) is 8.02. The molecule has 2 aromatic rings. The molecule has 1 spiro atoms. The van der Waals surface area contributed by atoms with Crippen LogP contribution in [0.4, 0.5) is 11.4 Å². The number of halogens is 2. The van der Waals surface area contributed by atoms with Crippen LogP contribution in [0, 0.1) is 5.92 Å². The Labute approximate surface area is 184 Å². The molecule has 2 saturated heterocycles. The van der Waals surface area contributed by atoms with Crippen LogP contribution in [0.1, 0.15) is 24.8 Å². The average molecular weight is 446 g/mol. The van der Waals surface area contributed by atoms with Crippen LogP contribution in [-0.2, 0) is 15.1 Å². The number of carbonyl (C=O) groups excluding carboxylic acids is 2. The summed E-state index contributed by atoms with van der Waals surface area (Å²) in [4.78, 5) is 29.2. The maximum atomic E-state index is 13.6. The van der Waals surface area contributed by atoms with E-state index in [1.54, 1.807) is 24.3 Å². The van der Waals surface area contributed by atoms with Crippen LogP contribution in [0.25, 0.3) is 0 Å². The van der Waals surface area contributed by atoms with Gasteiger partial charge in [0.25, 0.3) is 0 Å². The molecule has 5 rings (SSSR count). The van der Waals surface area contributed by atoms with Crippen molar-refractivity contribution in [1.29, 1.82) is 0 Å². The largest absolute Gasteiger partial charge is 0.495 e. The lowest BCUT2D eigenvalue weighted by molar-refractivity contribution is -0.135. The fraction of sp³-hybridized carbons (Fsp3) is 0.364. The molecule has 3 aliphatic rings. The number of benzene rings is 2. The number of anilines is 2. The zero-order chi connectivity index (χ0) is 21.0. The molecule has 0 aliphatic carbocycles. The van der Waals surface area contributed by atoms with Crippen molar-refractivity contribution in [3.8, 4) is 5.75 Å². The fourth-order valence-electron chi connectivity index (χ4n) is 5.39. The predicted octanol–water partition coefficient (Wildman–Crippen LogP) is 4.27. The summed E-state index contributed by atoms with van der Waals surface area (Å²) in [5, 5.41) is 6.98. The number of nitrogens with zero attached hydrogens (tertiary/aromatic N) is 1. The van der Waals surface area contributed by atoms with Crippen LogP contribution in [-0.4, -0.2) is 36.4 Å². The molecule has 30 heavy (non-hydrogen) atoms. The summed E-state index contributed by atoms with van der Waals surface area (Å²) in [5.41, 5.74) is 0.928. The number of hydrogen-bond acceptors (Lipinski definition) is 4. The summed E-state index contributed by atoms with van der Waals surface area (Å²) in [7, 11) is 1.54. The van der Waals surface area contributed by atoms with E-state index in [-0.39, 0.29) is 17.9 Å². The third-order valence-electron chi connectivity index (χ3n) is 6.56. The predicted molar refractivity (Wildman–Crippen MR) is 116 cm³/mol. The maximum absolute atomic E-state index is 13.6. The smallest absolute Gasteiger partial charge is 0.250 e. The van der Waals surface area contributed by atoms with Gasteiger partial charge in [-0.15, -0.1) is 0 Å². The minimum atomic E-state index is -1.06. The molecule has 8 heteroatoms. The van der Waals surface area contributed by atoms with E-state index in [0.717, 1.165) is 30.6 Å². The molecular weight excluding hydrogens is 425 g/mol. The van der Waals surface area contributed by atoms with Gasteiger partial charge in [-0.05, 0) is 62.2 Å². The Morgan fingerprint density at radius 2 is 2.00 bits per heavy atom. The zero-order valence-corrected chi connectivity index (χ0v) is 17.9. The van der Waals surface area contributed by atoms with E-state index in [2.05, 4.69) is 15.5 Å². The van der Waals surface area contributed by atoms with E-state index in [1.807, 2.05) is 12.1 Å². The van der Waals surface area contributed by atoms with Crippen LogP contribution < -0.4 is 15.4 Å². The molecule has 156 valence electrons. The number of carbonyl (C=O) groups is 2. The van der Waals surface area contributed by atoms with Gasteiger partial charge < -0.3 is 15.4 Å². The van der Waals surface area contributed by atoms with E-state index < -0.39 is 11.5 Å². The van der Waals surface area contributed by atoms with E-state index in [1.165, 1.54) is 7.11 Å². The second kappa shape index (κ2) is 7.15. The summed E-state index contributed by atoms with van der Waals surface area (Å²) in [6.07, 6.45) is 2.58. The van der Waals surface area contributed by atoms with E-state index >= 15 is 0 Å². The van der Waals surface area contributed by atoms with Crippen molar-refractivity contribution in [3.63, 3.8) is 0 Å². The highest BCUT2D eigenvalue weighted by atomic mass is 35.5. The normalized spacial score (nSPS) is 27.1. The number of amides is 2. The maximum Gasteiger partial charge on any atom is 0.250 e. The number of methoxy groups -OCH3 is 1. The average Bonchev–Trinajstić information content (AvgIpc) is 3.37. The van der Waals surface area contributed by atoms with Crippen LogP contribution in [0.2, 0.25) is 10.0 Å². The summed E-state index contributed by atoms with van der Waals surface area (Å²) >= 11 is 12.4. The highest BCUT2D eigenvalue weighted by molar-refractivity contribution is 6.31. The van der Waals surface area contributed by atoms with E-state index in [4.69, 9.17) is 27.9 Å². The summed E-state index contributed by atoms with van der Waals surface area (Å²) in [5.74, 6) is -0.443. The van der Waals surface area contributed by atoms with Gasteiger partial charge in [0, 0.05) is 27.3 Å². The Hall–Kier alpha value is -2.28. The zero-order valence-electron chi connectivity index (χ0n) is 16.4. The van der Waals surface area contributed by atoms with Gasteiger partial charge in [-0.3, -0.25) is 14.5 Å².